The van der Waals surface area contributed by atoms with Crippen molar-refractivity contribution in [2.24, 2.45) is 0 Å². The predicted octanol–water partition coefficient (Wildman–Crippen LogP) is 4.98. The largest absolute Gasteiger partial charge is 0.322 e. The van der Waals surface area contributed by atoms with Gasteiger partial charge in [-0.05, 0) is 54.6 Å². The van der Waals surface area contributed by atoms with Crippen LogP contribution in [-0.2, 0) is 18.5 Å². The molecule has 1 fully saturated rings. The number of para-hydroxylation sites is 2. The summed E-state index contributed by atoms with van der Waals surface area (Å²) in [6, 6.07) is 17.6. The summed E-state index contributed by atoms with van der Waals surface area (Å²) in [7, 11) is 0. The van der Waals surface area contributed by atoms with E-state index in [0.717, 1.165) is 18.6 Å². The molecule has 0 spiro atoms. The van der Waals surface area contributed by atoms with Crippen molar-refractivity contribution in [3.05, 3.63) is 65.5 Å². The van der Waals surface area contributed by atoms with Crippen molar-refractivity contribution < 1.29 is 0 Å². The van der Waals surface area contributed by atoms with Crippen LogP contribution in [0, 0.1) is 0 Å². The van der Waals surface area contributed by atoms with Crippen LogP contribution in [0.4, 0.5) is 0 Å². The van der Waals surface area contributed by atoms with E-state index in [2.05, 4.69) is 78.8 Å². The first kappa shape index (κ1) is 17.3. The van der Waals surface area contributed by atoms with Crippen molar-refractivity contribution in [1.82, 2.24) is 14.5 Å². The summed E-state index contributed by atoms with van der Waals surface area (Å²) >= 11 is 0. The normalized spacial score (nSPS) is 15.8. The number of imidazole rings is 1. The maximum atomic E-state index is 4.95. The van der Waals surface area contributed by atoms with Gasteiger partial charge in [-0.3, -0.25) is 4.90 Å². The molecular weight excluding hydrogens is 318 g/mol. The third-order valence-electron chi connectivity index (χ3n) is 5.46. The number of hydrogen-bond donors (Lipinski definition) is 0. The lowest BCUT2D eigenvalue weighted by Crippen LogP contribution is -2.21. The Labute approximate surface area is 156 Å². The summed E-state index contributed by atoms with van der Waals surface area (Å²) < 4.78 is 2.40. The van der Waals surface area contributed by atoms with E-state index in [1.165, 1.54) is 48.4 Å². The van der Waals surface area contributed by atoms with Crippen molar-refractivity contribution in [3.63, 3.8) is 0 Å². The zero-order valence-electron chi connectivity index (χ0n) is 16.2. The summed E-state index contributed by atoms with van der Waals surface area (Å²) in [6.45, 7) is 11.0. The minimum atomic E-state index is 0.196. The molecule has 1 aromatic heterocycles. The van der Waals surface area contributed by atoms with Gasteiger partial charge in [0.05, 0.1) is 17.6 Å². The fourth-order valence-electron chi connectivity index (χ4n) is 3.86. The zero-order valence-corrected chi connectivity index (χ0v) is 16.2. The van der Waals surface area contributed by atoms with E-state index in [1.54, 1.807) is 0 Å². The number of aromatic nitrogens is 2. The van der Waals surface area contributed by atoms with Crippen molar-refractivity contribution >= 4 is 11.0 Å². The number of nitrogens with zero attached hydrogens (tertiary/aromatic N) is 3. The van der Waals surface area contributed by atoms with Crippen LogP contribution in [0.25, 0.3) is 11.0 Å². The number of fused-ring (bicyclic) bond motifs is 1. The van der Waals surface area contributed by atoms with Gasteiger partial charge in [-0.1, -0.05) is 57.2 Å². The van der Waals surface area contributed by atoms with E-state index in [-0.39, 0.29) is 5.41 Å². The Hall–Kier alpha value is -2.13. The maximum Gasteiger partial charge on any atom is 0.124 e. The monoisotopic (exact) mass is 347 g/mol. The Morgan fingerprint density at radius 1 is 0.885 bits per heavy atom. The highest BCUT2D eigenvalue weighted by atomic mass is 15.2. The number of hydrogen-bond acceptors (Lipinski definition) is 2. The Balaban J connectivity index is 1.65. The third-order valence-corrected chi connectivity index (χ3v) is 5.46. The van der Waals surface area contributed by atoms with Crippen LogP contribution in [-0.4, -0.2) is 27.5 Å². The van der Waals surface area contributed by atoms with Crippen LogP contribution in [0.1, 0.15) is 50.6 Å². The zero-order chi connectivity index (χ0) is 18.1. The fourth-order valence-corrected chi connectivity index (χ4v) is 3.86. The molecular formula is C23H29N3. The second kappa shape index (κ2) is 6.88. The quantitative estimate of drug-likeness (QED) is 0.664. The molecule has 0 aliphatic carbocycles. The second-order valence-electron chi connectivity index (χ2n) is 8.53. The summed E-state index contributed by atoms with van der Waals surface area (Å²) in [5.41, 5.74) is 5.26. The highest BCUT2D eigenvalue weighted by molar-refractivity contribution is 5.76. The van der Waals surface area contributed by atoms with Gasteiger partial charge >= 0.3 is 0 Å². The standard InChI is InChI=1S/C23H29N3/c1-23(2,3)19-12-10-18(11-13-19)16-26-21-9-5-4-8-20(21)24-22(26)17-25-14-6-7-15-25/h4-5,8-13H,6-7,14-17H2,1-3H3. The van der Waals surface area contributed by atoms with Crippen molar-refractivity contribution in [3.8, 4) is 0 Å². The molecule has 0 saturated carbocycles. The summed E-state index contributed by atoms with van der Waals surface area (Å²) in [5, 5.41) is 0. The molecule has 3 heteroatoms. The van der Waals surface area contributed by atoms with E-state index in [0.29, 0.717) is 0 Å². The molecule has 2 aromatic carbocycles. The van der Waals surface area contributed by atoms with Gasteiger partial charge in [0.1, 0.15) is 5.82 Å². The molecule has 26 heavy (non-hydrogen) atoms. The van der Waals surface area contributed by atoms with E-state index < -0.39 is 0 Å². The summed E-state index contributed by atoms with van der Waals surface area (Å²) in [6.07, 6.45) is 2.63. The molecule has 0 atom stereocenters. The van der Waals surface area contributed by atoms with E-state index >= 15 is 0 Å². The molecule has 0 unspecified atom stereocenters. The van der Waals surface area contributed by atoms with Crippen molar-refractivity contribution in [1.29, 1.82) is 0 Å². The van der Waals surface area contributed by atoms with Crippen LogP contribution in [0.3, 0.4) is 0 Å². The third kappa shape index (κ3) is 3.54. The van der Waals surface area contributed by atoms with Crippen LogP contribution in [0.15, 0.2) is 48.5 Å². The lowest BCUT2D eigenvalue weighted by Gasteiger charge is -2.20. The first-order valence-corrected chi connectivity index (χ1v) is 9.77. The average Bonchev–Trinajstić information content (AvgIpc) is 3.24. The van der Waals surface area contributed by atoms with Gasteiger partial charge in [-0.2, -0.15) is 0 Å². The van der Waals surface area contributed by atoms with Crippen molar-refractivity contribution in [2.75, 3.05) is 13.1 Å². The van der Waals surface area contributed by atoms with Gasteiger partial charge in [0.2, 0.25) is 0 Å². The van der Waals surface area contributed by atoms with Gasteiger partial charge < -0.3 is 4.57 Å². The van der Waals surface area contributed by atoms with Crippen LogP contribution in [0.2, 0.25) is 0 Å². The molecule has 0 N–H and O–H groups in total. The Morgan fingerprint density at radius 3 is 2.27 bits per heavy atom. The van der Waals surface area contributed by atoms with Gasteiger partial charge in [0.15, 0.2) is 0 Å². The van der Waals surface area contributed by atoms with Gasteiger partial charge in [0.25, 0.3) is 0 Å². The molecule has 2 heterocycles. The highest BCUT2D eigenvalue weighted by Crippen LogP contribution is 2.24. The second-order valence-corrected chi connectivity index (χ2v) is 8.53. The van der Waals surface area contributed by atoms with Gasteiger partial charge in [0, 0.05) is 6.54 Å². The van der Waals surface area contributed by atoms with Gasteiger partial charge in [-0.15, -0.1) is 0 Å². The summed E-state index contributed by atoms with van der Waals surface area (Å²) in [5.74, 6) is 1.19. The van der Waals surface area contributed by atoms with E-state index in [1.807, 2.05) is 0 Å². The minimum absolute atomic E-state index is 0.196. The molecule has 1 aliphatic rings. The van der Waals surface area contributed by atoms with E-state index in [4.69, 9.17) is 4.98 Å². The molecule has 0 radical (unpaired) electrons. The molecule has 3 aromatic rings. The van der Waals surface area contributed by atoms with Crippen LogP contribution in [0.5, 0.6) is 0 Å². The molecule has 3 nitrogen and oxygen atoms in total. The molecule has 0 bridgehead atoms. The van der Waals surface area contributed by atoms with Crippen LogP contribution >= 0.6 is 0 Å². The Kier molecular flexibility index (Phi) is 4.58. The number of likely N-dealkylation sites (tertiary alicyclic amines) is 1. The van der Waals surface area contributed by atoms with Crippen LogP contribution < -0.4 is 0 Å². The average molecular weight is 348 g/mol. The molecule has 0 amide bonds. The first-order valence-electron chi connectivity index (χ1n) is 9.77. The Bertz CT molecular complexity index is 878. The maximum absolute atomic E-state index is 4.95. The van der Waals surface area contributed by atoms with E-state index in [9.17, 15) is 0 Å². The first-order chi connectivity index (χ1) is 12.5. The fraction of sp³-hybridized carbons (Fsp3) is 0.435. The summed E-state index contributed by atoms with van der Waals surface area (Å²) in [4.78, 5) is 7.48. The minimum Gasteiger partial charge on any atom is -0.322 e. The lowest BCUT2D eigenvalue weighted by atomic mass is 9.87. The Morgan fingerprint density at radius 2 is 1.58 bits per heavy atom. The highest BCUT2D eigenvalue weighted by Gasteiger charge is 2.18. The van der Waals surface area contributed by atoms with Crippen molar-refractivity contribution in [2.45, 2.75) is 52.1 Å². The smallest absolute Gasteiger partial charge is 0.124 e. The topological polar surface area (TPSA) is 21.1 Å². The number of rotatable bonds is 4. The number of benzene rings is 2. The predicted molar refractivity (Wildman–Crippen MR) is 108 cm³/mol. The van der Waals surface area contributed by atoms with Gasteiger partial charge in [-0.25, -0.2) is 4.98 Å². The molecule has 1 saturated heterocycles. The SMILES string of the molecule is CC(C)(C)c1ccc(Cn2c(CN3CCCC3)nc3ccccc32)cc1. The molecule has 4 rings (SSSR count). The molecule has 1 aliphatic heterocycles. The molecule has 136 valence electrons. The lowest BCUT2D eigenvalue weighted by molar-refractivity contribution is 0.318.